The zero-order valence-corrected chi connectivity index (χ0v) is 12.0. The van der Waals surface area contributed by atoms with Gasteiger partial charge in [-0.2, -0.15) is 0 Å². The molecule has 21 heavy (non-hydrogen) atoms. The van der Waals surface area contributed by atoms with Gasteiger partial charge in [0.1, 0.15) is 6.33 Å². The van der Waals surface area contributed by atoms with Crippen molar-refractivity contribution in [2.45, 2.75) is 31.2 Å². The van der Waals surface area contributed by atoms with E-state index in [9.17, 15) is 4.79 Å². The van der Waals surface area contributed by atoms with E-state index in [2.05, 4.69) is 15.5 Å². The summed E-state index contributed by atoms with van der Waals surface area (Å²) < 4.78 is 1.84. The second kappa shape index (κ2) is 5.29. The van der Waals surface area contributed by atoms with Crippen molar-refractivity contribution < 1.29 is 4.79 Å². The quantitative estimate of drug-likeness (QED) is 0.898. The number of rotatable bonds is 3. The van der Waals surface area contributed by atoms with Crippen LogP contribution in [0.25, 0.3) is 11.4 Å². The number of carbonyl (C=O) groups is 1. The SMILES string of the molecule is Cn1cnnc1-c1cccc(NC(=O)C2(N)CCCC2)c1. The highest BCUT2D eigenvalue weighted by molar-refractivity contribution is 5.98. The molecule has 1 fully saturated rings. The molecule has 110 valence electrons. The van der Waals surface area contributed by atoms with E-state index in [0.717, 1.165) is 42.8 Å². The molecule has 6 nitrogen and oxygen atoms in total. The normalized spacial score (nSPS) is 16.9. The van der Waals surface area contributed by atoms with Crippen LogP contribution in [0.2, 0.25) is 0 Å². The highest BCUT2D eigenvalue weighted by atomic mass is 16.2. The van der Waals surface area contributed by atoms with Crippen LogP contribution in [0.4, 0.5) is 5.69 Å². The van der Waals surface area contributed by atoms with Crippen molar-refractivity contribution in [1.29, 1.82) is 0 Å². The fourth-order valence-electron chi connectivity index (χ4n) is 2.77. The summed E-state index contributed by atoms with van der Waals surface area (Å²) in [6, 6.07) is 7.57. The van der Waals surface area contributed by atoms with Crippen molar-refractivity contribution in [2.24, 2.45) is 12.8 Å². The Morgan fingerprint density at radius 1 is 1.38 bits per heavy atom. The zero-order chi connectivity index (χ0) is 14.9. The van der Waals surface area contributed by atoms with Crippen molar-refractivity contribution in [1.82, 2.24) is 14.8 Å². The summed E-state index contributed by atoms with van der Waals surface area (Å²) in [6.45, 7) is 0. The van der Waals surface area contributed by atoms with Crippen molar-refractivity contribution in [3.8, 4) is 11.4 Å². The maximum absolute atomic E-state index is 12.3. The van der Waals surface area contributed by atoms with Gasteiger partial charge in [-0.05, 0) is 25.0 Å². The smallest absolute Gasteiger partial charge is 0.244 e. The minimum atomic E-state index is -0.721. The van der Waals surface area contributed by atoms with Gasteiger partial charge in [-0.15, -0.1) is 10.2 Å². The number of benzene rings is 1. The number of carbonyl (C=O) groups excluding carboxylic acids is 1. The van der Waals surface area contributed by atoms with E-state index in [1.165, 1.54) is 0 Å². The Labute approximate surface area is 123 Å². The molecule has 1 amide bonds. The lowest BCUT2D eigenvalue weighted by Gasteiger charge is -2.22. The summed E-state index contributed by atoms with van der Waals surface area (Å²) in [5.74, 6) is 0.657. The van der Waals surface area contributed by atoms with Crippen molar-refractivity contribution >= 4 is 11.6 Å². The lowest BCUT2D eigenvalue weighted by atomic mass is 9.98. The van der Waals surface area contributed by atoms with Gasteiger partial charge in [0.05, 0.1) is 5.54 Å². The Hall–Kier alpha value is -2.21. The van der Waals surface area contributed by atoms with Crippen LogP contribution in [-0.4, -0.2) is 26.2 Å². The molecule has 0 bridgehead atoms. The molecule has 1 aliphatic carbocycles. The number of nitrogens with zero attached hydrogens (tertiary/aromatic N) is 3. The summed E-state index contributed by atoms with van der Waals surface area (Å²) in [7, 11) is 1.88. The van der Waals surface area contributed by atoms with Crippen LogP contribution in [0.3, 0.4) is 0 Å². The van der Waals surface area contributed by atoms with E-state index in [4.69, 9.17) is 5.73 Å². The van der Waals surface area contributed by atoms with Gasteiger partial charge in [-0.25, -0.2) is 0 Å². The first-order valence-electron chi connectivity index (χ1n) is 7.13. The number of nitrogens with two attached hydrogens (primary N) is 1. The topological polar surface area (TPSA) is 85.8 Å². The average molecular weight is 285 g/mol. The van der Waals surface area contributed by atoms with Crippen LogP contribution >= 0.6 is 0 Å². The van der Waals surface area contributed by atoms with Gasteiger partial charge >= 0.3 is 0 Å². The summed E-state index contributed by atoms with van der Waals surface area (Å²) in [5, 5.41) is 10.9. The molecular weight excluding hydrogens is 266 g/mol. The van der Waals surface area contributed by atoms with E-state index in [1.54, 1.807) is 6.33 Å². The van der Waals surface area contributed by atoms with Gasteiger partial charge in [-0.3, -0.25) is 4.79 Å². The largest absolute Gasteiger partial charge is 0.324 e. The van der Waals surface area contributed by atoms with Crippen molar-refractivity contribution in [3.63, 3.8) is 0 Å². The van der Waals surface area contributed by atoms with Gasteiger partial charge in [0.15, 0.2) is 5.82 Å². The molecule has 3 rings (SSSR count). The Balaban J connectivity index is 1.81. The molecule has 0 saturated heterocycles. The summed E-state index contributed by atoms with van der Waals surface area (Å²) in [5.41, 5.74) is 7.09. The predicted octanol–water partition coefficient (Wildman–Crippen LogP) is 1.69. The van der Waals surface area contributed by atoms with Gasteiger partial charge in [0, 0.05) is 18.3 Å². The van der Waals surface area contributed by atoms with E-state index < -0.39 is 5.54 Å². The number of aryl methyl sites for hydroxylation is 1. The highest BCUT2D eigenvalue weighted by Crippen LogP contribution is 2.29. The van der Waals surface area contributed by atoms with E-state index >= 15 is 0 Å². The van der Waals surface area contributed by atoms with Crippen LogP contribution in [0.5, 0.6) is 0 Å². The summed E-state index contributed by atoms with van der Waals surface area (Å²) in [6.07, 6.45) is 5.18. The van der Waals surface area contributed by atoms with Crippen LogP contribution in [-0.2, 0) is 11.8 Å². The number of hydrogen-bond acceptors (Lipinski definition) is 4. The molecular formula is C15H19N5O. The molecule has 1 aliphatic rings. The van der Waals surface area contributed by atoms with Gasteiger partial charge < -0.3 is 15.6 Å². The van der Waals surface area contributed by atoms with E-state index in [1.807, 2.05) is 35.9 Å². The predicted molar refractivity (Wildman–Crippen MR) is 80.5 cm³/mol. The summed E-state index contributed by atoms with van der Waals surface area (Å²) >= 11 is 0. The average Bonchev–Trinajstić information content (AvgIpc) is 3.09. The molecule has 3 N–H and O–H groups in total. The standard InChI is InChI=1S/C15H19N5O/c1-20-10-17-19-13(20)11-5-4-6-12(9-11)18-14(21)15(16)7-2-3-8-15/h4-6,9-10H,2-3,7-8,16H2,1H3,(H,18,21). The third-order valence-electron chi connectivity index (χ3n) is 4.04. The minimum Gasteiger partial charge on any atom is -0.324 e. The second-order valence-corrected chi connectivity index (χ2v) is 5.66. The molecule has 0 radical (unpaired) electrons. The third kappa shape index (κ3) is 2.67. The molecule has 0 aliphatic heterocycles. The minimum absolute atomic E-state index is 0.102. The Bertz CT molecular complexity index is 658. The molecule has 0 unspecified atom stereocenters. The van der Waals surface area contributed by atoms with Crippen LogP contribution in [0, 0.1) is 0 Å². The molecule has 1 aromatic heterocycles. The maximum atomic E-state index is 12.3. The van der Waals surface area contributed by atoms with Gasteiger partial charge in [-0.1, -0.05) is 25.0 Å². The fourth-order valence-corrected chi connectivity index (χ4v) is 2.77. The summed E-state index contributed by atoms with van der Waals surface area (Å²) in [4.78, 5) is 12.3. The first-order valence-corrected chi connectivity index (χ1v) is 7.13. The van der Waals surface area contributed by atoms with Crippen LogP contribution < -0.4 is 11.1 Å². The second-order valence-electron chi connectivity index (χ2n) is 5.66. The first kappa shape index (κ1) is 13.8. The maximum Gasteiger partial charge on any atom is 0.244 e. The van der Waals surface area contributed by atoms with E-state index in [-0.39, 0.29) is 5.91 Å². The fraction of sp³-hybridized carbons (Fsp3) is 0.400. The number of aromatic nitrogens is 3. The first-order chi connectivity index (χ1) is 10.1. The molecule has 6 heteroatoms. The molecule has 1 saturated carbocycles. The monoisotopic (exact) mass is 285 g/mol. The lowest BCUT2D eigenvalue weighted by Crippen LogP contribution is -2.48. The van der Waals surface area contributed by atoms with Gasteiger partial charge in [0.2, 0.25) is 5.91 Å². The number of anilines is 1. The lowest BCUT2D eigenvalue weighted by molar-refractivity contribution is -0.121. The Morgan fingerprint density at radius 3 is 2.81 bits per heavy atom. The van der Waals surface area contributed by atoms with Crippen molar-refractivity contribution in [2.75, 3.05) is 5.32 Å². The molecule has 1 heterocycles. The molecule has 0 spiro atoms. The van der Waals surface area contributed by atoms with Crippen LogP contribution in [0.1, 0.15) is 25.7 Å². The molecule has 0 atom stereocenters. The van der Waals surface area contributed by atoms with Crippen molar-refractivity contribution in [3.05, 3.63) is 30.6 Å². The number of hydrogen-bond donors (Lipinski definition) is 2. The third-order valence-corrected chi connectivity index (χ3v) is 4.04. The zero-order valence-electron chi connectivity index (χ0n) is 12.0. The van der Waals surface area contributed by atoms with E-state index in [0.29, 0.717) is 0 Å². The van der Waals surface area contributed by atoms with Crippen LogP contribution in [0.15, 0.2) is 30.6 Å². The highest BCUT2D eigenvalue weighted by Gasteiger charge is 2.36. The Kier molecular flexibility index (Phi) is 3.47. The molecule has 1 aromatic carbocycles. The molecule has 2 aromatic rings. The Morgan fingerprint density at radius 2 is 2.14 bits per heavy atom. The van der Waals surface area contributed by atoms with Gasteiger partial charge in [0.25, 0.3) is 0 Å². The number of nitrogens with one attached hydrogen (secondary N) is 1. The number of amides is 1.